The highest BCUT2D eigenvalue weighted by Crippen LogP contribution is 2.25. The number of amides is 1. The Balaban J connectivity index is 1.92. The van der Waals surface area contributed by atoms with Gasteiger partial charge in [-0.2, -0.15) is 0 Å². The van der Waals surface area contributed by atoms with E-state index >= 15 is 0 Å². The highest BCUT2D eigenvalue weighted by Gasteiger charge is 2.41. The van der Waals surface area contributed by atoms with Gasteiger partial charge in [-0.1, -0.05) is 38.1 Å². The van der Waals surface area contributed by atoms with Crippen LogP contribution in [0.15, 0.2) is 24.3 Å². The number of alkyl halides is 1. The number of hydrogen-bond acceptors (Lipinski definition) is 1. The van der Waals surface area contributed by atoms with Gasteiger partial charge in [0.25, 0.3) is 0 Å². The third kappa shape index (κ3) is 2.89. The summed E-state index contributed by atoms with van der Waals surface area (Å²) in [4.78, 5) is 13.4. The van der Waals surface area contributed by atoms with Gasteiger partial charge in [0, 0.05) is 0 Å². The number of nitrogens with zero attached hydrogens (tertiary/aromatic N) is 1. The van der Waals surface area contributed by atoms with Gasteiger partial charge in [-0.3, -0.25) is 4.79 Å². The number of rotatable bonds is 3. The van der Waals surface area contributed by atoms with Crippen LogP contribution >= 0.6 is 0 Å². The van der Waals surface area contributed by atoms with Gasteiger partial charge < -0.3 is 4.90 Å². The standard InChI is InChI=1S/C15H20FNO/c1-11(2)13-6-4-12(5-7-13)8-14(18)17-9-15(3,16)10-17/h4-7,11H,8-10H2,1-3H3. The minimum Gasteiger partial charge on any atom is -0.336 e. The van der Waals surface area contributed by atoms with Crippen LogP contribution in [0.2, 0.25) is 0 Å². The molecular weight excluding hydrogens is 229 g/mol. The summed E-state index contributed by atoms with van der Waals surface area (Å²) < 4.78 is 13.3. The van der Waals surface area contributed by atoms with Crippen LogP contribution in [0.1, 0.15) is 37.8 Å². The summed E-state index contributed by atoms with van der Waals surface area (Å²) >= 11 is 0. The zero-order chi connectivity index (χ0) is 13.3. The number of benzene rings is 1. The predicted octanol–water partition coefficient (Wildman–Crippen LogP) is 2.92. The zero-order valence-corrected chi connectivity index (χ0v) is 11.2. The number of likely N-dealkylation sites (tertiary alicyclic amines) is 1. The Morgan fingerprint density at radius 1 is 1.33 bits per heavy atom. The minimum atomic E-state index is -1.18. The fourth-order valence-electron chi connectivity index (χ4n) is 2.23. The fraction of sp³-hybridized carbons (Fsp3) is 0.533. The Labute approximate surface area is 108 Å². The van der Waals surface area contributed by atoms with Crippen molar-refractivity contribution in [2.24, 2.45) is 0 Å². The van der Waals surface area contributed by atoms with Crippen LogP contribution in [0.25, 0.3) is 0 Å². The third-order valence-corrected chi connectivity index (χ3v) is 3.40. The van der Waals surface area contributed by atoms with Crippen LogP contribution in [-0.4, -0.2) is 29.6 Å². The molecule has 0 spiro atoms. The van der Waals surface area contributed by atoms with Crippen LogP contribution in [-0.2, 0) is 11.2 Å². The molecule has 0 unspecified atom stereocenters. The summed E-state index contributed by atoms with van der Waals surface area (Å²) in [5, 5.41) is 0. The van der Waals surface area contributed by atoms with Crippen molar-refractivity contribution in [3.63, 3.8) is 0 Å². The van der Waals surface area contributed by atoms with Gasteiger partial charge in [0.2, 0.25) is 5.91 Å². The van der Waals surface area contributed by atoms with Crippen molar-refractivity contribution in [2.45, 2.75) is 38.8 Å². The molecule has 0 N–H and O–H groups in total. The van der Waals surface area contributed by atoms with E-state index in [9.17, 15) is 9.18 Å². The van der Waals surface area contributed by atoms with Gasteiger partial charge in [-0.15, -0.1) is 0 Å². The second-order valence-electron chi connectivity index (χ2n) is 5.74. The Morgan fingerprint density at radius 3 is 2.33 bits per heavy atom. The largest absolute Gasteiger partial charge is 0.336 e. The Morgan fingerprint density at radius 2 is 1.89 bits per heavy atom. The molecule has 1 aliphatic rings. The second kappa shape index (κ2) is 4.71. The first kappa shape index (κ1) is 13.1. The van der Waals surface area contributed by atoms with Crippen LogP contribution in [0, 0.1) is 0 Å². The molecule has 1 aromatic carbocycles. The van der Waals surface area contributed by atoms with E-state index in [0.29, 0.717) is 12.3 Å². The van der Waals surface area contributed by atoms with E-state index < -0.39 is 5.67 Å². The summed E-state index contributed by atoms with van der Waals surface area (Å²) in [5.41, 5.74) is 1.08. The van der Waals surface area contributed by atoms with Gasteiger partial charge in [0.1, 0.15) is 5.67 Å². The minimum absolute atomic E-state index is 0.0161. The molecule has 0 aromatic heterocycles. The van der Waals surface area contributed by atoms with Crippen molar-refractivity contribution in [1.82, 2.24) is 4.90 Å². The first-order valence-electron chi connectivity index (χ1n) is 6.43. The summed E-state index contributed by atoms with van der Waals surface area (Å²) in [5.74, 6) is 0.514. The van der Waals surface area contributed by atoms with Crippen molar-refractivity contribution in [1.29, 1.82) is 0 Å². The summed E-state index contributed by atoms with van der Waals surface area (Å²) in [6.45, 7) is 6.28. The normalized spacial score (nSPS) is 17.7. The molecule has 0 saturated carbocycles. The molecule has 3 heteroatoms. The van der Waals surface area contributed by atoms with Crippen molar-refractivity contribution in [3.05, 3.63) is 35.4 Å². The van der Waals surface area contributed by atoms with E-state index in [-0.39, 0.29) is 19.0 Å². The molecule has 0 aliphatic carbocycles. The van der Waals surface area contributed by atoms with E-state index in [4.69, 9.17) is 0 Å². The molecule has 0 atom stereocenters. The summed E-state index contributed by atoms with van der Waals surface area (Å²) in [7, 11) is 0. The molecule has 0 bridgehead atoms. The van der Waals surface area contributed by atoms with E-state index in [1.54, 1.807) is 4.90 Å². The average Bonchev–Trinajstić information content (AvgIpc) is 2.26. The Bertz CT molecular complexity index is 428. The fourth-order valence-corrected chi connectivity index (χ4v) is 2.23. The smallest absolute Gasteiger partial charge is 0.227 e. The molecule has 1 aromatic rings. The van der Waals surface area contributed by atoms with Crippen molar-refractivity contribution >= 4 is 5.91 Å². The monoisotopic (exact) mass is 249 g/mol. The predicted molar refractivity (Wildman–Crippen MR) is 70.3 cm³/mol. The van der Waals surface area contributed by atoms with Crippen LogP contribution in [0.5, 0.6) is 0 Å². The van der Waals surface area contributed by atoms with Gasteiger partial charge >= 0.3 is 0 Å². The maximum atomic E-state index is 13.3. The van der Waals surface area contributed by atoms with E-state index in [1.807, 2.05) is 12.1 Å². The second-order valence-corrected chi connectivity index (χ2v) is 5.74. The maximum absolute atomic E-state index is 13.3. The van der Waals surface area contributed by atoms with Gasteiger partial charge in [0.05, 0.1) is 19.5 Å². The first-order chi connectivity index (χ1) is 8.37. The van der Waals surface area contributed by atoms with Gasteiger partial charge in [0.15, 0.2) is 0 Å². The molecule has 1 saturated heterocycles. The van der Waals surface area contributed by atoms with E-state index in [2.05, 4.69) is 26.0 Å². The highest BCUT2D eigenvalue weighted by molar-refractivity contribution is 5.79. The lowest BCUT2D eigenvalue weighted by molar-refractivity contribution is -0.143. The molecule has 98 valence electrons. The lowest BCUT2D eigenvalue weighted by Crippen LogP contribution is -2.59. The highest BCUT2D eigenvalue weighted by atomic mass is 19.1. The molecule has 0 radical (unpaired) electrons. The van der Waals surface area contributed by atoms with Crippen LogP contribution < -0.4 is 0 Å². The first-order valence-corrected chi connectivity index (χ1v) is 6.43. The van der Waals surface area contributed by atoms with Crippen LogP contribution in [0.4, 0.5) is 4.39 Å². The van der Waals surface area contributed by atoms with Gasteiger partial charge in [-0.05, 0) is 24.0 Å². The molecule has 2 rings (SSSR count). The lowest BCUT2D eigenvalue weighted by atomic mass is 9.97. The molecule has 1 aliphatic heterocycles. The maximum Gasteiger partial charge on any atom is 0.227 e. The third-order valence-electron chi connectivity index (χ3n) is 3.40. The molecule has 1 fully saturated rings. The number of carbonyl (C=O) groups excluding carboxylic acids is 1. The van der Waals surface area contributed by atoms with E-state index in [0.717, 1.165) is 5.56 Å². The Hall–Kier alpha value is -1.38. The van der Waals surface area contributed by atoms with Gasteiger partial charge in [-0.25, -0.2) is 4.39 Å². The number of hydrogen-bond donors (Lipinski definition) is 0. The van der Waals surface area contributed by atoms with Crippen molar-refractivity contribution in [2.75, 3.05) is 13.1 Å². The zero-order valence-electron chi connectivity index (χ0n) is 11.2. The summed E-state index contributed by atoms with van der Waals surface area (Å²) in [6, 6.07) is 8.09. The number of halogens is 1. The number of carbonyl (C=O) groups is 1. The Kier molecular flexibility index (Phi) is 3.42. The average molecular weight is 249 g/mol. The van der Waals surface area contributed by atoms with E-state index in [1.165, 1.54) is 12.5 Å². The quantitative estimate of drug-likeness (QED) is 0.806. The van der Waals surface area contributed by atoms with Crippen molar-refractivity contribution < 1.29 is 9.18 Å². The van der Waals surface area contributed by atoms with Crippen LogP contribution in [0.3, 0.4) is 0 Å². The molecule has 1 heterocycles. The topological polar surface area (TPSA) is 20.3 Å². The SMILES string of the molecule is CC(C)c1ccc(CC(=O)N2CC(C)(F)C2)cc1. The molecule has 1 amide bonds. The molecule has 18 heavy (non-hydrogen) atoms. The molecular formula is C15H20FNO. The molecule has 2 nitrogen and oxygen atoms in total. The summed E-state index contributed by atoms with van der Waals surface area (Å²) in [6.07, 6.45) is 0.369. The lowest BCUT2D eigenvalue weighted by Gasteiger charge is -2.42. The van der Waals surface area contributed by atoms with Crippen molar-refractivity contribution in [3.8, 4) is 0 Å².